The van der Waals surface area contributed by atoms with Crippen molar-refractivity contribution >= 4 is 12.0 Å². The van der Waals surface area contributed by atoms with Crippen LogP contribution in [-0.4, -0.2) is 18.2 Å². The average molecular weight is 351 g/mol. The fourth-order valence-corrected chi connectivity index (χ4v) is 2.36. The minimum atomic E-state index is -0.379. The number of rotatable bonds is 3. The van der Waals surface area contributed by atoms with Crippen molar-refractivity contribution in [3.63, 3.8) is 0 Å². The summed E-state index contributed by atoms with van der Waals surface area (Å²) in [6.07, 6.45) is 3.17. The number of carbonyl (C=O) groups is 1. The van der Waals surface area contributed by atoms with Gasteiger partial charge in [-0.2, -0.15) is 0 Å². The van der Waals surface area contributed by atoms with Crippen LogP contribution in [-0.2, 0) is 42.2 Å². The van der Waals surface area contributed by atoms with Crippen LogP contribution in [0.4, 0.5) is 0 Å². The Morgan fingerprint density at radius 3 is 2.15 bits per heavy atom. The van der Waals surface area contributed by atoms with Crippen LogP contribution in [0.25, 0.3) is 6.08 Å². The van der Waals surface area contributed by atoms with E-state index in [1.165, 1.54) is 13.2 Å². The molecule has 0 aliphatic carbocycles. The first-order chi connectivity index (χ1) is 8.81. The maximum absolute atomic E-state index is 11.2. The minimum Gasteiger partial charge on any atom is -0.507 e. The first kappa shape index (κ1) is 19.3. The summed E-state index contributed by atoms with van der Waals surface area (Å²) in [5.41, 5.74) is 4.77. The standard InChI is InChI=1S/C16H22O3.Y/c1-9(2)15-12(5)13(7-8-14(17)19-6)10(3)11(4)16(15)18;/h7-9,18H,1-6H3;/b8-7+;. The third kappa shape index (κ3) is 3.92. The number of phenols is 1. The van der Waals surface area contributed by atoms with Crippen molar-refractivity contribution in [1.29, 1.82) is 0 Å². The van der Waals surface area contributed by atoms with Gasteiger partial charge in [-0.1, -0.05) is 13.8 Å². The molecule has 1 radical (unpaired) electrons. The molecule has 107 valence electrons. The third-order valence-corrected chi connectivity index (χ3v) is 3.55. The number of benzene rings is 1. The van der Waals surface area contributed by atoms with Crippen LogP contribution in [0.15, 0.2) is 6.08 Å². The molecule has 0 aliphatic heterocycles. The number of phenolic OH excluding ortho intramolecular Hbond substituents is 1. The zero-order valence-electron chi connectivity index (χ0n) is 13.1. The van der Waals surface area contributed by atoms with E-state index in [0.29, 0.717) is 5.75 Å². The van der Waals surface area contributed by atoms with Crippen molar-refractivity contribution < 1.29 is 47.3 Å². The average Bonchev–Trinajstić information content (AvgIpc) is 2.35. The SMILES string of the molecule is COC(=O)/C=C/c1c(C)c(C)c(O)c(C(C)C)c1C.[Y]. The fraction of sp³-hybridized carbons (Fsp3) is 0.438. The number of hydrogen-bond donors (Lipinski definition) is 1. The number of methoxy groups -OCH3 is 1. The second kappa shape index (κ2) is 7.94. The van der Waals surface area contributed by atoms with Gasteiger partial charge < -0.3 is 9.84 Å². The Kier molecular flexibility index (Phi) is 7.68. The summed E-state index contributed by atoms with van der Waals surface area (Å²) in [4.78, 5) is 11.2. The summed E-state index contributed by atoms with van der Waals surface area (Å²) < 4.78 is 4.61. The molecule has 0 heterocycles. The van der Waals surface area contributed by atoms with Gasteiger partial charge in [-0.3, -0.25) is 0 Å². The van der Waals surface area contributed by atoms with E-state index < -0.39 is 0 Å². The van der Waals surface area contributed by atoms with Gasteiger partial charge >= 0.3 is 5.97 Å². The largest absolute Gasteiger partial charge is 0.507 e. The van der Waals surface area contributed by atoms with E-state index in [1.807, 2.05) is 34.6 Å². The van der Waals surface area contributed by atoms with Gasteiger partial charge in [0.25, 0.3) is 0 Å². The summed E-state index contributed by atoms with van der Waals surface area (Å²) in [7, 11) is 1.36. The van der Waals surface area contributed by atoms with Crippen molar-refractivity contribution in [2.45, 2.75) is 40.5 Å². The first-order valence-corrected chi connectivity index (χ1v) is 6.39. The summed E-state index contributed by atoms with van der Waals surface area (Å²) >= 11 is 0. The number of hydrogen-bond acceptors (Lipinski definition) is 3. The van der Waals surface area contributed by atoms with Crippen LogP contribution in [0.1, 0.15) is 47.6 Å². The maximum atomic E-state index is 11.2. The summed E-state index contributed by atoms with van der Waals surface area (Å²) in [6.45, 7) is 9.91. The normalized spacial score (nSPS) is 10.8. The van der Waals surface area contributed by atoms with Crippen LogP contribution in [0, 0.1) is 20.8 Å². The number of esters is 1. The van der Waals surface area contributed by atoms with Crippen molar-refractivity contribution in [1.82, 2.24) is 0 Å². The fourth-order valence-electron chi connectivity index (χ4n) is 2.36. The molecule has 1 aromatic rings. The molecule has 1 rings (SSSR count). The molecular weight excluding hydrogens is 329 g/mol. The smallest absolute Gasteiger partial charge is 0.330 e. The van der Waals surface area contributed by atoms with Crippen molar-refractivity contribution in [2.24, 2.45) is 0 Å². The molecule has 4 heteroatoms. The van der Waals surface area contributed by atoms with E-state index in [1.54, 1.807) is 6.08 Å². The number of aromatic hydroxyl groups is 1. The van der Waals surface area contributed by atoms with E-state index in [9.17, 15) is 9.90 Å². The topological polar surface area (TPSA) is 46.5 Å². The maximum Gasteiger partial charge on any atom is 0.330 e. The van der Waals surface area contributed by atoms with Crippen LogP contribution in [0.3, 0.4) is 0 Å². The quantitative estimate of drug-likeness (QED) is 0.668. The van der Waals surface area contributed by atoms with Gasteiger partial charge in [0, 0.05) is 44.3 Å². The zero-order chi connectivity index (χ0) is 14.7. The molecule has 1 aromatic carbocycles. The Morgan fingerprint density at radius 1 is 1.15 bits per heavy atom. The molecule has 0 aromatic heterocycles. The van der Waals surface area contributed by atoms with Crippen LogP contribution < -0.4 is 0 Å². The van der Waals surface area contributed by atoms with Crippen LogP contribution in [0.5, 0.6) is 5.75 Å². The number of carbonyl (C=O) groups excluding carboxylic acids is 1. The third-order valence-electron chi connectivity index (χ3n) is 3.55. The summed E-state index contributed by atoms with van der Waals surface area (Å²) in [5.74, 6) is 0.209. The van der Waals surface area contributed by atoms with Crippen molar-refractivity contribution in [3.8, 4) is 5.75 Å². The van der Waals surface area contributed by atoms with Gasteiger partial charge in [0.1, 0.15) is 5.75 Å². The Hall–Kier alpha value is -0.666. The molecular formula is C16H22O3Y. The molecule has 0 aliphatic rings. The molecule has 0 atom stereocenters. The molecule has 20 heavy (non-hydrogen) atoms. The molecule has 0 fully saturated rings. The Morgan fingerprint density at radius 2 is 1.70 bits per heavy atom. The second-order valence-corrected chi connectivity index (χ2v) is 5.06. The molecule has 0 saturated heterocycles. The minimum absolute atomic E-state index is 0. The Bertz CT molecular complexity index is 531. The van der Waals surface area contributed by atoms with Crippen molar-refractivity contribution in [3.05, 3.63) is 33.9 Å². The molecule has 0 saturated carbocycles. The van der Waals surface area contributed by atoms with Crippen LogP contribution >= 0.6 is 0 Å². The van der Waals surface area contributed by atoms with Gasteiger partial charge in [-0.05, 0) is 55.0 Å². The summed E-state index contributed by atoms with van der Waals surface area (Å²) in [6, 6.07) is 0. The van der Waals surface area contributed by atoms with E-state index >= 15 is 0 Å². The van der Waals surface area contributed by atoms with Gasteiger partial charge in [-0.25, -0.2) is 4.79 Å². The van der Waals surface area contributed by atoms with E-state index in [4.69, 9.17) is 0 Å². The predicted octanol–water partition coefficient (Wildman–Crippen LogP) is 3.62. The first-order valence-electron chi connectivity index (χ1n) is 6.39. The number of ether oxygens (including phenoxy) is 1. The summed E-state index contributed by atoms with van der Waals surface area (Å²) in [5, 5.41) is 10.3. The molecule has 1 N–H and O–H groups in total. The molecule has 0 bridgehead atoms. The molecule has 0 amide bonds. The van der Waals surface area contributed by atoms with Gasteiger partial charge in [0.15, 0.2) is 0 Å². The van der Waals surface area contributed by atoms with Crippen molar-refractivity contribution in [2.75, 3.05) is 7.11 Å². The second-order valence-electron chi connectivity index (χ2n) is 5.06. The van der Waals surface area contributed by atoms with E-state index in [0.717, 1.165) is 27.8 Å². The van der Waals surface area contributed by atoms with Crippen LogP contribution in [0.2, 0.25) is 0 Å². The molecule has 3 nitrogen and oxygen atoms in total. The van der Waals surface area contributed by atoms with Gasteiger partial charge in [0.05, 0.1) is 7.11 Å². The Labute approximate surface area is 146 Å². The monoisotopic (exact) mass is 351 g/mol. The molecule has 0 unspecified atom stereocenters. The van der Waals surface area contributed by atoms with Gasteiger partial charge in [-0.15, -0.1) is 0 Å². The van der Waals surface area contributed by atoms with E-state index in [2.05, 4.69) is 4.74 Å². The van der Waals surface area contributed by atoms with Gasteiger partial charge in [0.2, 0.25) is 0 Å². The zero-order valence-corrected chi connectivity index (χ0v) is 15.9. The molecule has 0 spiro atoms. The van der Waals surface area contributed by atoms with E-state index in [-0.39, 0.29) is 44.6 Å². The predicted molar refractivity (Wildman–Crippen MR) is 77.5 cm³/mol. The Balaban J connectivity index is 0.00000361.